The highest BCUT2D eigenvalue weighted by Gasteiger charge is 2.18. The lowest BCUT2D eigenvalue weighted by molar-refractivity contribution is -0.128. The summed E-state index contributed by atoms with van der Waals surface area (Å²) in [7, 11) is 1.59. The minimum absolute atomic E-state index is 0.132. The van der Waals surface area contributed by atoms with Crippen molar-refractivity contribution in [1.29, 1.82) is 0 Å². The fourth-order valence-electron chi connectivity index (χ4n) is 2.22. The van der Waals surface area contributed by atoms with Crippen molar-refractivity contribution in [3.05, 3.63) is 22.7 Å². The zero-order valence-corrected chi connectivity index (χ0v) is 12.1. The van der Waals surface area contributed by atoms with E-state index in [1.54, 1.807) is 13.2 Å². The molecule has 0 atom stereocenters. The first kappa shape index (κ1) is 14.0. The van der Waals surface area contributed by atoms with Crippen LogP contribution in [-0.4, -0.2) is 37.6 Å². The van der Waals surface area contributed by atoms with Crippen LogP contribution in [0.25, 0.3) is 0 Å². The Morgan fingerprint density at radius 2 is 2.11 bits per heavy atom. The second kappa shape index (κ2) is 6.15. The number of hydrogen-bond acceptors (Lipinski definition) is 3. The molecule has 5 heteroatoms. The van der Waals surface area contributed by atoms with Crippen LogP contribution in [0.2, 0.25) is 5.02 Å². The molecule has 1 amide bonds. The van der Waals surface area contributed by atoms with E-state index in [0.717, 1.165) is 37.2 Å². The summed E-state index contributed by atoms with van der Waals surface area (Å²) in [5.41, 5.74) is 1.76. The Morgan fingerprint density at radius 1 is 1.42 bits per heavy atom. The van der Waals surface area contributed by atoms with Crippen LogP contribution in [0.3, 0.4) is 0 Å². The molecule has 0 aromatic heterocycles. The minimum Gasteiger partial charge on any atom is -0.495 e. The first-order chi connectivity index (χ1) is 9.11. The van der Waals surface area contributed by atoms with E-state index in [9.17, 15) is 4.79 Å². The maximum absolute atomic E-state index is 12.0. The smallest absolute Gasteiger partial charge is 0.241 e. The fraction of sp³-hybridized carbons (Fsp3) is 0.500. The van der Waals surface area contributed by atoms with Crippen LogP contribution in [-0.2, 0) is 4.79 Å². The topological polar surface area (TPSA) is 41.6 Å². The number of rotatable bonds is 4. The van der Waals surface area contributed by atoms with E-state index in [1.165, 1.54) is 0 Å². The van der Waals surface area contributed by atoms with E-state index in [4.69, 9.17) is 16.3 Å². The van der Waals surface area contributed by atoms with Gasteiger partial charge in [-0.2, -0.15) is 0 Å². The zero-order chi connectivity index (χ0) is 13.8. The van der Waals surface area contributed by atoms with Crippen LogP contribution in [0, 0.1) is 6.92 Å². The SMILES string of the molecule is COc1cc(Cl)c(C)cc1NCC(=O)N1CCCC1. The van der Waals surface area contributed by atoms with E-state index < -0.39 is 0 Å². The maximum Gasteiger partial charge on any atom is 0.241 e. The van der Waals surface area contributed by atoms with E-state index >= 15 is 0 Å². The molecule has 104 valence electrons. The number of methoxy groups -OCH3 is 1. The maximum atomic E-state index is 12.0. The lowest BCUT2D eigenvalue weighted by Crippen LogP contribution is -2.33. The quantitative estimate of drug-likeness (QED) is 0.923. The van der Waals surface area contributed by atoms with Crippen molar-refractivity contribution in [2.75, 3.05) is 32.1 Å². The van der Waals surface area contributed by atoms with E-state index in [2.05, 4.69) is 5.32 Å². The number of halogens is 1. The van der Waals surface area contributed by atoms with Gasteiger partial charge in [-0.3, -0.25) is 4.79 Å². The summed E-state index contributed by atoms with van der Waals surface area (Å²) in [5, 5.41) is 3.79. The van der Waals surface area contributed by atoms with E-state index in [-0.39, 0.29) is 12.5 Å². The van der Waals surface area contributed by atoms with Crippen LogP contribution in [0.15, 0.2) is 12.1 Å². The number of likely N-dealkylation sites (tertiary alicyclic amines) is 1. The number of hydrogen-bond donors (Lipinski definition) is 1. The van der Waals surface area contributed by atoms with Crippen molar-refractivity contribution in [2.45, 2.75) is 19.8 Å². The Balaban J connectivity index is 2.02. The Hall–Kier alpha value is -1.42. The predicted octanol–water partition coefficient (Wildman–Crippen LogP) is 2.69. The average Bonchev–Trinajstić information content (AvgIpc) is 2.93. The number of carbonyl (C=O) groups is 1. The number of aryl methyl sites for hydroxylation is 1. The van der Waals surface area contributed by atoms with Crippen molar-refractivity contribution in [3.63, 3.8) is 0 Å². The fourth-order valence-corrected chi connectivity index (χ4v) is 2.37. The summed E-state index contributed by atoms with van der Waals surface area (Å²) >= 11 is 6.05. The van der Waals surface area contributed by atoms with Crippen LogP contribution in [0.5, 0.6) is 5.75 Å². The molecule has 0 radical (unpaired) electrons. The summed E-state index contributed by atoms with van der Waals surface area (Å²) in [5.74, 6) is 0.789. The zero-order valence-electron chi connectivity index (χ0n) is 11.3. The molecule has 0 aliphatic carbocycles. The molecule has 19 heavy (non-hydrogen) atoms. The van der Waals surface area contributed by atoms with Crippen LogP contribution in [0.4, 0.5) is 5.69 Å². The Morgan fingerprint density at radius 3 is 2.74 bits per heavy atom. The molecule has 2 rings (SSSR count). The lowest BCUT2D eigenvalue weighted by Gasteiger charge is -2.17. The normalized spacial score (nSPS) is 14.6. The summed E-state index contributed by atoms with van der Waals surface area (Å²) in [6, 6.07) is 3.66. The monoisotopic (exact) mass is 282 g/mol. The predicted molar refractivity (Wildman–Crippen MR) is 77.0 cm³/mol. The van der Waals surface area contributed by atoms with Gasteiger partial charge in [-0.25, -0.2) is 0 Å². The number of nitrogens with one attached hydrogen (secondary N) is 1. The number of anilines is 1. The van der Waals surface area contributed by atoms with Crippen LogP contribution in [0.1, 0.15) is 18.4 Å². The summed E-state index contributed by atoms with van der Waals surface area (Å²) in [6.07, 6.45) is 2.21. The highest BCUT2D eigenvalue weighted by molar-refractivity contribution is 6.31. The number of ether oxygens (including phenoxy) is 1. The van der Waals surface area contributed by atoms with Crippen molar-refractivity contribution in [2.24, 2.45) is 0 Å². The van der Waals surface area contributed by atoms with Gasteiger partial charge in [0, 0.05) is 24.2 Å². The Labute approximate surface area is 118 Å². The van der Waals surface area contributed by atoms with Crippen molar-refractivity contribution >= 4 is 23.2 Å². The summed E-state index contributed by atoms with van der Waals surface area (Å²) < 4.78 is 5.27. The number of nitrogens with zero attached hydrogens (tertiary/aromatic N) is 1. The number of amides is 1. The van der Waals surface area contributed by atoms with Crippen LogP contribution < -0.4 is 10.1 Å². The Kier molecular flexibility index (Phi) is 4.53. The van der Waals surface area contributed by atoms with Gasteiger partial charge in [0.2, 0.25) is 5.91 Å². The number of carbonyl (C=O) groups excluding carboxylic acids is 1. The highest BCUT2D eigenvalue weighted by Crippen LogP contribution is 2.30. The van der Waals surface area contributed by atoms with E-state index in [1.807, 2.05) is 17.9 Å². The summed E-state index contributed by atoms with van der Waals surface area (Å²) in [6.45, 7) is 3.96. The van der Waals surface area contributed by atoms with Gasteiger partial charge in [-0.05, 0) is 31.4 Å². The molecule has 0 spiro atoms. The van der Waals surface area contributed by atoms with Gasteiger partial charge in [0.05, 0.1) is 19.3 Å². The molecule has 0 bridgehead atoms. The minimum atomic E-state index is 0.132. The van der Waals surface area contributed by atoms with Crippen molar-refractivity contribution < 1.29 is 9.53 Å². The van der Waals surface area contributed by atoms with E-state index in [0.29, 0.717) is 10.8 Å². The van der Waals surface area contributed by atoms with Crippen molar-refractivity contribution in [3.8, 4) is 5.75 Å². The molecule has 0 saturated carbocycles. The second-order valence-corrected chi connectivity index (χ2v) is 5.15. The molecular weight excluding hydrogens is 264 g/mol. The summed E-state index contributed by atoms with van der Waals surface area (Å²) in [4.78, 5) is 13.9. The largest absolute Gasteiger partial charge is 0.495 e. The third-order valence-electron chi connectivity index (χ3n) is 3.37. The van der Waals surface area contributed by atoms with Gasteiger partial charge >= 0.3 is 0 Å². The molecule has 1 N–H and O–H groups in total. The van der Waals surface area contributed by atoms with Gasteiger partial charge in [-0.15, -0.1) is 0 Å². The van der Waals surface area contributed by atoms with Gasteiger partial charge in [-0.1, -0.05) is 11.6 Å². The molecule has 1 aliphatic rings. The molecule has 1 saturated heterocycles. The Bertz CT molecular complexity index is 471. The molecular formula is C14H19ClN2O2. The third kappa shape index (κ3) is 3.32. The van der Waals surface area contributed by atoms with Gasteiger partial charge in [0.15, 0.2) is 0 Å². The van der Waals surface area contributed by atoms with Gasteiger partial charge < -0.3 is 15.0 Å². The molecule has 1 fully saturated rings. The second-order valence-electron chi connectivity index (χ2n) is 4.74. The lowest BCUT2D eigenvalue weighted by atomic mass is 10.2. The van der Waals surface area contributed by atoms with Crippen molar-refractivity contribution in [1.82, 2.24) is 4.90 Å². The molecule has 1 aliphatic heterocycles. The molecule has 1 heterocycles. The molecule has 0 unspecified atom stereocenters. The third-order valence-corrected chi connectivity index (χ3v) is 3.78. The first-order valence-corrected chi connectivity index (χ1v) is 6.85. The average molecular weight is 283 g/mol. The van der Waals surface area contributed by atoms with Gasteiger partial charge in [0.25, 0.3) is 0 Å². The number of benzene rings is 1. The molecule has 1 aromatic rings. The van der Waals surface area contributed by atoms with Gasteiger partial charge in [0.1, 0.15) is 5.75 Å². The highest BCUT2D eigenvalue weighted by atomic mass is 35.5. The first-order valence-electron chi connectivity index (χ1n) is 6.47. The molecule has 4 nitrogen and oxygen atoms in total. The van der Waals surface area contributed by atoms with Crippen LogP contribution >= 0.6 is 11.6 Å². The molecule has 1 aromatic carbocycles. The standard InChI is InChI=1S/C14H19ClN2O2/c1-10-7-12(13(19-2)8-11(10)15)16-9-14(18)17-5-3-4-6-17/h7-8,16H,3-6,9H2,1-2H3.